The van der Waals surface area contributed by atoms with E-state index in [1.54, 1.807) is 0 Å². The molecule has 0 aliphatic carbocycles. The first kappa shape index (κ1) is 18.6. The van der Waals surface area contributed by atoms with Crippen molar-refractivity contribution >= 4 is 0 Å². The maximum atomic E-state index is 13.3. The summed E-state index contributed by atoms with van der Waals surface area (Å²) in [6.45, 7) is 6.80. The fourth-order valence-electron chi connectivity index (χ4n) is 4.16. The van der Waals surface area contributed by atoms with Gasteiger partial charge in [0.15, 0.2) is 0 Å². The third kappa shape index (κ3) is 4.75. The summed E-state index contributed by atoms with van der Waals surface area (Å²) >= 11 is 0. The summed E-state index contributed by atoms with van der Waals surface area (Å²) in [4.78, 5) is 2.49. The Morgan fingerprint density at radius 2 is 2.00 bits per heavy atom. The highest BCUT2D eigenvalue weighted by molar-refractivity contribution is 5.16. The minimum absolute atomic E-state index is 0.197. The van der Waals surface area contributed by atoms with Crippen LogP contribution in [0, 0.1) is 24.6 Å². The number of aromatic nitrogens is 1. The minimum Gasteiger partial charge on any atom is -0.381 e. The van der Waals surface area contributed by atoms with Crippen LogP contribution in [0.2, 0.25) is 0 Å². The molecular formula is C21H27FN2O3. The van der Waals surface area contributed by atoms with Gasteiger partial charge < -0.3 is 14.0 Å². The highest BCUT2D eigenvalue weighted by atomic mass is 19.1. The van der Waals surface area contributed by atoms with Crippen molar-refractivity contribution in [3.63, 3.8) is 0 Å². The maximum Gasteiger partial charge on any atom is 0.137 e. The van der Waals surface area contributed by atoms with Gasteiger partial charge in [-0.25, -0.2) is 4.39 Å². The third-order valence-electron chi connectivity index (χ3n) is 5.59. The van der Waals surface area contributed by atoms with Gasteiger partial charge >= 0.3 is 0 Å². The molecule has 0 saturated carbocycles. The topological polar surface area (TPSA) is 47.7 Å². The van der Waals surface area contributed by atoms with Crippen LogP contribution in [0.4, 0.5) is 4.39 Å². The molecule has 4 rings (SSSR count). The normalized spacial score (nSPS) is 25.5. The van der Waals surface area contributed by atoms with Crippen molar-refractivity contribution in [1.82, 2.24) is 10.1 Å². The van der Waals surface area contributed by atoms with Crippen molar-refractivity contribution in [3.05, 3.63) is 53.2 Å². The standard InChI is InChI=1S/C21H27FN2O3/c1-15-8-20(27-23-15)9-18-13-26-14-21(18)24(11-17-6-7-25-12-17)10-16-2-4-19(22)5-3-16/h2-5,8,17-18,21H,6-7,9-14H2,1H3/t17?,18-,21-/m1/s1. The Kier molecular flexibility index (Phi) is 5.86. The number of aryl methyl sites for hydroxylation is 1. The van der Waals surface area contributed by atoms with E-state index in [2.05, 4.69) is 10.1 Å². The summed E-state index contributed by atoms with van der Waals surface area (Å²) in [6.07, 6.45) is 1.92. The molecule has 0 N–H and O–H groups in total. The summed E-state index contributed by atoms with van der Waals surface area (Å²) in [5, 5.41) is 4.01. The Morgan fingerprint density at radius 3 is 2.70 bits per heavy atom. The van der Waals surface area contributed by atoms with Gasteiger partial charge in [-0.05, 0) is 37.0 Å². The SMILES string of the molecule is Cc1cc(C[C@@H]2COC[C@H]2N(Cc2ccc(F)cc2)CC2CCOC2)on1. The second kappa shape index (κ2) is 8.50. The molecule has 27 heavy (non-hydrogen) atoms. The van der Waals surface area contributed by atoms with Gasteiger partial charge in [0.25, 0.3) is 0 Å². The number of rotatable bonds is 7. The zero-order valence-corrected chi connectivity index (χ0v) is 15.8. The lowest BCUT2D eigenvalue weighted by molar-refractivity contribution is 0.108. The minimum atomic E-state index is -0.197. The monoisotopic (exact) mass is 374 g/mol. The number of halogens is 1. The molecule has 2 aliphatic rings. The van der Waals surface area contributed by atoms with Crippen LogP contribution in [0.15, 0.2) is 34.9 Å². The van der Waals surface area contributed by atoms with Crippen molar-refractivity contribution in [1.29, 1.82) is 0 Å². The molecule has 146 valence electrons. The number of ether oxygens (including phenoxy) is 2. The molecule has 0 amide bonds. The van der Waals surface area contributed by atoms with E-state index in [4.69, 9.17) is 14.0 Å². The van der Waals surface area contributed by atoms with E-state index < -0.39 is 0 Å². The van der Waals surface area contributed by atoms with Gasteiger partial charge in [0, 0.05) is 44.1 Å². The van der Waals surface area contributed by atoms with Gasteiger partial charge in [0.2, 0.25) is 0 Å². The Labute approximate surface area is 159 Å². The predicted molar refractivity (Wildman–Crippen MR) is 98.8 cm³/mol. The van der Waals surface area contributed by atoms with E-state index in [9.17, 15) is 4.39 Å². The molecule has 1 unspecified atom stereocenters. The average Bonchev–Trinajstić information content (AvgIpc) is 3.40. The van der Waals surface area contributed by atoms with Gasteiger partial charge in [0.05, 0.1) is 25.5 Å². The molecule has 5 nitrogen and oxygen atoms in total. The molecule has 2 saturated heterocycles. The highest BCUT2D eigenvalue weighted by Gasteiger charge is 2.35. The second-order valence-corrected chi connectivity index (χ2v) is 7.79. The molecular weight excluding hydrogens is 347 g/mol. The van der Waals surface area contributed by atoms with Crippen LogP contribution in [0.5, 0.6) is 0 Å². The molecule has 0 radical (unpaired) electrons. The smallest absolute Gasteiger partial charge is 0.137 e. The molecule has 3 atom stereocenters. The summed E-state index contributed by atoms with van der Waals surface area (Å²) in [7, 11) is 0. The third-order valence-corrected chi connectivity index (χ3v) is 5.59. The first-order chi connectivity index (χ1) is 13.2. The quantitative estimate of drug-likeness (QED) is 0.745. The van der Waals surface area contributed by atoms with E-state index in [1.165, 1.54) is 12.1 Å². The van der Waals surface area contributed by atoms with Gasteiger partial charge in [-0.2, -0.15) is 0 Å². The average molecular weight is 374 g/mol. The van der Waals surface area contributed by atoms with Crippen molar-refractivity contribution in [3.8, 4) is 0 Å². The molecule has 2 aliphatic heterocycles. The number of benzene rings is 1. The van der Waals surface area contributed by atoms with Gasteiger partial charge in [0.1, 0.15) is 11.6 Å². The molecule has 0 spiro atoms. The van der Waals surface area contributed by atoms with Crippen LogP contribution >= 0.6 is 0 Å². The first-order valence-corrected chi connectivity index (χ1v) is 9.73. The molecule has 2 aromatic rings. The number of hydrogen-bond donors (Lipinski definition) is 0. The van der Waals surface area contributed by atoms with E-state index in [0.29, 0.717) is 24.5 Å². The van der Waals surface area contributed by atoms with Crippen LogP contribution in [-0.4, -0.2) is 49.1 Å². The first-order valence-electron chi connectivity index (χ1n) is 9.73. The van der Waals surface area contributed by atoms with Crippen molar-refractivity contribution in [2.75, 3.05) is 33.0 Å². The van der Waals surface area contributed by atoms with Crippen LogP contribution < -0.4 is 0 Å². The molecule has 3 heterocycles. The highest BCUT2D eigenvalue weighted by Crippen LogP contribution is 2.27. The van der Waals surface area contributed by atoms with Crippen molar-refractivity contribution < 1.29 is 18.4 Å². The van der Waals surface area contributed by atoms with E-state index in [1.807, 2.05) is 25.1 Å². The van der Waals surface area contributed by atoms with Crippen molar-refractivity contribution in [2.45, 2.75) is 32.4 Å². The lowest BCUT2D eigenvalue weighted by Gasteiger charge is -2.33. The van der Waals surface area contributed by atoms with Crippen LogP contribution in [0.3, 0.4) is 0 Å². The lowest BCUT2D eigenvalue weighted by atomic mass is 9.95. The fraction of sp³-hybridized carbons (Fsp3) is 0.571. The fourth-order valence-corrected chi connectivity index (χ4v) is 4.16. The molecule has 2 fully saturated rings. The summed E-state index contributed by atoms with van der Waals surface area (Å²) < 4.78 is 30.2. The largest absolute Gasteiger partial charge is 0.381 e. The molecule has 1 aromatic heterocycles. The van der Waals surface area contributed by atoms with Gasteiger partial charge in [-0.1, -0.05) is 17.3 Å². The van der Waals surface area contributed by atoms with Gasteiger partial charge in [-0.15, -0.1) is 0 Å². The Balaban J connectivity index is 1.49. The Bertz CT molecular complexity index is 727. The second-order valence-electron chi connectivity index (χ2n) is 7.79. The lowest BCUT2D eigenvalue weighted by Crippen LogP contribution is -2.43. The Hall–Kier alpha value is -1.76. The van der Waals surface area contributed by atoms with Crippen LogP contribution in [-0.2, 0) is 22.4 Å². The number of nitrogens with zero attached hydrogens (tertiary/aromatic N) is 2. The molecule has 6 heteroatoms. The van der Waals surface area contributed by atoms with E-state index in [-0.39, 0.29) is 5.82 Å². The summed E-state index contributed by atoms with van der Waals surface area (Å²) in [5.41, 5.74) is 2.03. The summed E-state index contributed by atoms with van der Waals surface area (Å²) in [5.74, 6) is 1.62. The van der Waals surface area contributed by atoms with Gasteiger partial charge in [-0.3, -0.25) is 4.90 Å². The van der Waals surface area contributed by atoms with Crippen LogP contribution in [0.25, 0.3) is 0 Å². The molecule has 0 bridgehead atoms. The molecule has 1 aromatic carbocycles. The number of hydrogen-bond acceptors (Lipinski definition) is 5. The zero-order valence-electron chi connectivity index (χ0n) is 15.8. The zero-order chi connectivity index (χ0) is 18.6. The predicted octanol–water partition coefficient (Wildman–Crippen LogP) is 3.22. The van der Waals surface area contributed by atoms with E-state index >= 15 is 0 Å². The summed E-state index contributed by atoms with van der Waals surface area (Å²) in [6, 6.07) is 9.12. The van der Waals surface area contributed by atoms with Crippen molar-refractivity contribution in [2.24, 2.45) is 11.8 Å². The Morgan fingerprint density at radius 1 is 1.15 bits per heavy atom. The maximum absolute atomic E-state index is 13.3. The van der Waals surface area contributed by atoms with Crippen LogP contribution in [0.1, 0.15) is 23.4 Å². The van der Waals surface area contributed by atoms with E-state index in [0.717, 1.165) is 62.8 Å².